The number of aryl methyl sites for hydroxylation is 1. The molecular formula is C9H13NO. The first-order valence-corrected chi connectivity index (χ1v) is 4.17. The third-order valence-corrected chi connectivity index (χ3v) is 2.14. The van der Waals surface area contributed by atoms with Crippen molar-refractivity contribution in [1.82, 2.24) is 0 Å². The summed E-state index contributed by atoms with van der Waals surface area (Å²) >= 11 is 0. The summed E-state index contributed by atoms with van der Waals surface area (Å²) in [5, 5.41) is 0. The van der Waals surface area contributed by atoms with E-state index in [4.69, 9.17) is 4.42 Å². The molecule has 1 fully saturated rings. The van der Waals surface area contributed by atoms with Gasteiger partial charge < -0.3 is 9.32 Å². The zero-order valence-electron chi connectivity index (χ0n) is 6.84. The minimum atomic E-state index is 1.01. The SMILES string of the molecule is Cc1ccc(N2CCCC2)o1. The monoisotopic (exact) mass is 151 g/mol. The second kappa shape index (κ2) is 2.61. The van der Waals surface area contributed by atoms with E-state index in [1.165, 1.54) is 12.8 Å². The summed E-state index contributed by atoms with van der Waals surface area (Å²) < 4.78 is 5.49. The summed E-state index contributed by atoms with van der Waals surface area (Å²) in [6, 6.07) is 4.08. The van der Waals surface area contributed by atoms with E-state index in [0.717, 1.165) is 24.7 Å². The maximum absolute atomic E-state index is 5.49. The molecule has 0 atom stereocenters. The van der Waals surface area contributed by atoms with E-state index >= 15 is 0 Å². The van der Waals surface area contributed by atoms with Gasteiger partial charge in [-0.25, -0.2) is 0 Å². The third-order valence-electron chi connectivity index (χ3n) is 2.14. The topological polar surface area (TPSA) is 16.4 Å². The normalized spacial score (nSPS) is 17.7. The Labute approximate surface area is 66.8 Å². The van der Waals surface area contributed by atoms with Gasteiger partial charge in [-0.15, -0.1) is 0 Å². The van der Waals surface area contributed by atoms with Crippen LogP contribution in [0.3, 0.4) is 0 Å². The van der Waals surface area contributed by atoms with E-state index in [2.05, 4.69) is 11.0 Å². The van der Waals surface area contributed by atoms with Gasteiger partial charge >= 0.3 is 0 Å². The highest BCUT2D eigenvalue weighted by Gasteiger charge is 2.14. The Kier molecular flexibility index (Phi) is 1.60. The van der Waals surface area contributed by atoms with Crippen LogP contribution in [-0.4, -0.2) is 13.1 Å². The van der Waals surface area contributed by atoms with Crippen LogP contribution in [0.4, 0.5) is 5.88 Å². The van der Waals surface area contributed by atoms with Crippen LogP contribution in [0.25, 0.3) is 0 Å². The van der Waals surface area contributed by atoms with Crippen molar-refractivity contribution >= 4 is 5.88 Å². The van der Waals surface area contributed by atoms with Gasteiger partial charge in [-0.05, 0) is 25.8 Å². The van der Waals surface area contributed by atoms with Gasteiger partial charge in [0.25, 0.3) is 0 Å². The van der Waals surface area contributed by atoms with Gasteiger partial charge in [0.1, 0.15) is 5.76 Å². The minimum Gasteiger partial charge on any atom is -0.446 e. The van der Waals surface area contributed by atoms with Crippen LogP contribution < -0.4 is 4.90 Å². The van der Waals surface area contributed by atoms with Gasteiger partial charge in [-0.3, -0.25) is 0 Å². The van der Waals surface area contributed by atoms with Crippen LogP contribution >= 0.6 is 0 Å². The zero-order valence-corrected chi connectivity index (χ0v) is 6.84. The molecule has 0 amide bonds. The predicted octanol–water partition coefficient (Wildman–Crippen LogP) is 2.19. The number of furan rings is 1. The fourth-order valence-electron chi connectivity index (χ4n) is 1.53. The average Bonchev–Trinajstić information content (AvgIpc) is 2.55. The second-order valence-electron chi connectivity index (χ2n) is 3.08. The number of hydrogen-bond acceptors (Lipinski definition) is 2. The molecule has 0 aromatic carbocycles. The van der Waals surface area contributed by atoms with Gasteiger partial charge in [0.05, 0.1) is 0 Å². The molecule has 60 valence electrons. The number of anilines is 1. The van der Waals surface area contributed by atoms with Gasteiger partial charge in [-0.1, -0.05) is 0 Å². The van der Waals surface area contributed by atoms with Crippen molar-refractivity contribution in [2.45, 2.75) is 19.8 Å². The smallest absolute Gasteiger partial charge is 0.195 e. The average molecular weight is 151 g/mol. The first-order chi connectivity index (χ1) is 5.36. The van der Waals surface area contributed by atoms with Crippen LogP contribution in [0.15, 0.2) is 16.5 Å². The van der Waals surface area contributed by atoms with E-state index in [-0.39, 0.29) is 0 Å². The van der Waals surface area contributed by atoms with Crippen molar-refractivity contribution in [3.63, 3.8) is 0 Å². The molecule has 0 N–H and O–H groups in total. The van der Waals surface area contributed by atoms with Crippen molar-refractivity contribution in [1.29, 1.82) is 0 Å². The van der Waals surface area contributed by atoms with Crippen molar-refractivity contribution in [3.8, 4) is 0 Å². The molecule has 2 rings (SSSR count). The Morgan fingerprint density at radius 2 is 2.00 bits per heavy atom. The number of rotatable bonds is 1. The summed E-state index contributed by atoms with van der Waals surface area (Å²) in [6.45, 7) is 4.31. The first-order valence-electron chi connectivity index (χ1n) is 4.17. The predicted molar refractivity (Wildman–Crippen MR) is 44.9 cm³/mol. The van der Waals surface area contributed by atoms with Gasteiger partial charge in [0.2, 0.25) is 0 Å². The Morgan fingerprint density at radius 3 is 2.55 bits per heavy atom. The molecule has 1 aliphatic rings. The summed E-state index contributed by atoms with van der Waals surface area (Å²) in [7, 11) is 0. The van der Waals surface area contributed by atoms with E-state index in [1.54, 1.807) is 0 Å². The molecule has 1 aliphatic heterocycles. The zero-order chi connectivity index (χ0) is 7.68. The third kappa shape index (κ3) is 1.25. The Hall–Kier alpha value is -0.920. The summed E-state index contributed by atoms with van der Waals surface area (Å²) in [5.41, 5.74) is 0. The molecule has 0 spiro atoms. The molecular weight excluding hydrogens is 138 g/mol. The summed E-state index contributed by atoms with van der Waals surface area (Å²) in [4.78, 5) is 2.30. The highest BCUT2D eigenvalue weighted by atomic mass is 16.4. The molecule has 2 nitrogen and oxygen atoms in total. The fourth-order valence-corrected chi connectivity index (χ4v) is 1.53. The van der Waals surface area contributed by atoms with E-state index < -0.39 is 0 Å². The van der Waals surface area contributed by atoms with Crippen LogP contribution in [-0.2, 0) is 0 Å². The molecule has 0 unspecified atom stereocenters. The van der Waals surface area contributed by atoms with Crippen LogP contribution in [0.2, 0.25) is 0 Å². The quantitative estimate of drug-likeness (QED) is 0.611. The fraction of sp³-hybridized carbons (Fsp3) is 0.556. The lowest BCUT2D eigenvalue weighted by molar-refractivity contribution is 0.527. The van der Waals surface area contributed by atoms with E-state index in [9.17, 15) is 0 Å². The lowest BCUT2D eigenvalue weighted by Gasteiger charge is -2.12. The Morgan fingerprint density at radius 1 is 1.27 bits per heavy atom. The lowest BCUT2D eigenvalue weighted by Crippen LogP contribution is -2.16. The van der Waals surface area contributed by atoms with Gasteiger partial charge in [-0.2, -0.15) is 0 Å². The summed E-state index contributed by atoms with van der Waals surface area (Å²) in [5.74, 6) is 2.05. The largest absolute Gasteiger partial charge is 0.446 e. The first kappa shape index (κ1) is 6.77. The molecule has 0 saturated carbocycles. The number of hydrogen-bond donors (Lipinski definition) is 0. The second-order valence-corrected chi connectivity index (χ2v) is 3.08. The molecule has 0 aliphatic carbocycles. The standard InChI is InChI=1S/C9H13NO/c1-8-4-5-9(11-8)10-6-2-3-7-10/h4-5H,2-3,6-7H2,1H3. The Bertz CT molecular complexity index is 235. The molecule has 1 aromatic rings. The van der Waals surface area contributed by atoms with Crippen LogP contribution in [0.1, 0.15) is 18.6 Å². The lowest BCUT2D eigenvalue weighted by atomic mass is 10.4. The van der Waals surface area contributed by atoms with Crippen molar-refractivity contribution in [2.75, 3.05) is 18.0 Å². The molecule has 1 saturated heterocycles. The number of nitrogens with zero attached hydrogens (tertiary/aromatic N) is 1. The van der Waals surface area contributed by atoms with Crippen LogP contribution in [0, 0.1) is 6.92 Å². The maximum Gasteiger partial charge on any atom is 0.195 e. The molecule has 0 radical (unpaired) electrons. The summed E-state index contributed by atoms with van der Waals surface area (Å²) in [6.07, 6.45) is 2.61. The minimum absolute atomic E-state index is 1.01. The van der Waals surface area contributed by atoms with Crippen molar-refractivity contribution in [2.24, 2.45) is 0 Å². The molecule has 2 heterocycles. The highest BCUT2D eigenvalue weighted by Crippen LogP contribution is 2.21. The molecule has 0 bridgehead atoms. The van der Waals surface area contributed by atoms with Gasteiger partial charge in [0, 0.05) is 19.2 Å². The highest BCUT2D eigenvalue weighted by molar-refractivity contribution is 5.37. The molecule has 1 aromatic heterocycles. The van der Waals surface area contributed by atoms with E-state index in [1.807, 2.05) is 13.0 Å². The van der Waals surface area contributed by atoms with Gasteiger partial charge in [0.15, 0.2) is 5.88 Å². The Balaban J connectivity index is 2.15. The van der Waals surface area contributed by atoms with E-state index in [0.29, 0.717) is 0 Å². The van der Waals surface area contributed by atoms with Crippen molar-refractivity contribution < 1.29 is 4.42 Å². The van der Waals surface area contributed by atoms with Crippen molar-refractivity contribution in [3.05, 3.63) is 17.9 Å². The van der Waals surface area contributed by atoms with Crippen LogP contribution in [0.5, 0.6) is 0 Å². The molecule has 11 heavy (non-hydrogen) atoms. The molecule has 2 heteroatoms. The maximum atomic E-state index is 5.49.